The second-order valence-corrected chi connectivity index (χ2v) is 8.14. The first-order chi connectivity index (χ1) is 13.8. The van der Waals surface area contributed by atoms with Crippen LogP contribution >= 0.6 is 0 Å². The third-order valence-corrected chi connectivity index (χ3v) is 6.40. The van der Waals surface area contributed by atoms with E-state index in [0.29, 0.717) is 5.92 Å². The second-order valence-electron chi connectivity index (χ2n) is 8.14. The molecule has 0 spiro atoms. The molecule has 2 aliphatic rings. The molecule has 1 atom stereocenters. The van der Waals surface area contributed by atoms with Gasteiger partial charge in [0.1, 0.15) is 6.07 Å². The first kappa shape index (κ1) is 17.3. The average Bonchev–Trinajstić information content (AvgIpc) is 3.13. The number of hydrogen-bond acceptors (Lipinski definition) is 2. The van der Waals surface area contributed by atoms with Crippen molar-refractivity contribution in [1.29, 1.82) is 5.26 Å². The van der Waals surface area contributed by atoms with Crippen molar-refractivity contribution in [1.82, 2.24) is 9.88 Å². The molecule has 140 valence electrons. The highest BCUT2D eigenvalue weighted by atomic mass is 15.1. The van der Waals surface area contributed by atoms with E-state index in [1.165, 1.54) is 40.7 Å². The van der Waals surface area contributed by atoms with Gasteiger partial charge in [-0.15, -0.1) is 0 Å². The molecule has 0 saturated carbocycles. The highest BCUT2D eigenvalue weighted by molar-refractivity contribution is 5.89. The van der Waals surface area contributed by atoms with Crippen molar-refractivity contribution in [3.8, 4) is 6.07 Å². The number of rotatable bonds is 3. The molecule has 1 N–H and O–H groups in total. The van der Waals surface area contributed by atoms with Crippen molar-refractivity contribution in [2.24, 2.45) is 5.92 Å². The van der Waals surface area contributed by atoms with Crippen LogP contribution in [0.15, 0.2) is 54.6 Å². The lowest BCUT2D eigenvalue weighted by atomic mass is 9.85. The summed E-state index contributed by atoms with van der Waals surface area (Å²) in [6.07, 6.45) is 7.00. The Morgan fingerprint density at radius 2 is 1.96 bits per heavy atom. The van der Waals surface area contributed by atoms with Crippen LogP contribution in [0.4, 0.5) is 0 Å². The summed E-state index contributed by atoms with van der Waals surface area (Å²) in [5.74, 6) is 0.698. The Morgan fingerprint density at radius 3 is 2.75 bits per heavy atom. The number of aromatic nitrogens is 1. The number of H-pyrrole nitrogens is 1. The zero-order valence-electron chi connectivity index (χ0n) is 16.1. The number of nitrogens with zero attached hydrogens (tertiary/aromatic N) is 2. The van der Waals surface area contributed by atoms with Gasteiger partial charge in [0.25, 0.3) is 0 Å². The van der Waals surface area contributed by atoms with Crippen LogP contribution in [0.5, 0.6) is 0 Å². The molecule has 0 saturated heterocycles. The van der Waals surface area contributed by atoms with E-state index >= 15 is 0 Å². The number of hydrogen-bond donors (Lipinski definition) is 1. The molecule has 0 bridgehead atoms. The molecule has 1 aliphatic carbocycles. The first-order valence-corrected chi connectivity index (χ1v) is 10.3. The summed E-state index contributed by atoms with van der Waals surface area (Å²) in [4.78, 5) is 6.15. The van der Waals surface area contributed by atoms with Crippen LogP contribution in [-0.4, -0.2) is 29.5 Å². The van der Waals surface area contributed by atoms with E-state index in [1.54, 1.807) is 0 Å². The number of nitrogens with one attached hydrogen (secondary N) is 1. The molecule has 0 radical (unpaired) electrons. The maximum absolute atomic E-state index is 9.39. The summed E-state index contributed by atoms with van der Waals surface area (Å²) >= 11 is 0. The molecule has 28 heavy (non-hydrogen) atoms. The van der Waals surface area contributed by atoms with Gasteiger partial charge in [-0.2, -0.15) is 5.26 Å². The number of aryl methyl sites for hydroxylation is 1. The fraction of sp³-hybridized carbons (Fsp3) is 0.320. The quantitative estimate of drug-likeness (QED) is 0.713. The summed E-state index contributed by atoms with van der Waals surface area (Å²) in [5.41, 5.74) is 7.45. The molecular weight excluding hydrogens is 342 g/mol. The Bertz CT molecular complexity index is 1070. The van der Waals surface area contributed by atoms with Crippen molar-refractivity contribution in [3.63, 3.8) is 0 Å². The van der Waals surface area contributed by atoms with Gasteiger partial charge in [-0.1, -0.05) is 48.5 Å². The molecule has 1 unspecified atom stereocenters. The van der Waals surface area contributed by atoms with Crippen molar-refractivity contribution in [3.05, 3.63) is 77.0 Å². The van der Waals surface area contributed by atoms with Crippen LogP contribution in [0, 0.1) is 17.2 Å². The average molecular weight is 367 g/mol. The Hall–Kier alpha value is -2.83. The van der Waals surface area contributed by atoms with Crippen molar-refractivity contribution >= 4 is 16.5 Å². The van der Waals surface area contributed by atoms with E-state index in [-0.39, 0.29) is 0 Å². The van der Waals surface area contributed by atoms with Crippen LogP contribution in [0.25, 0.3) is 16.5 Å². The molecule has 1 aromatic heterocycles. The minimum absolute atomic E-state index is 0.698. The zero-order chi connectivity index (χ0) is 18.9. The minimum Gasteiger partial charge on any atom is -0.357 e. The number of aromatic amines is 1. The normalized spacial score (nSPS) is 19.8. The van der Waals surface area contributed by atoms with Gasteiger partial charge in [0, 0.05) is 30.7 Å². The monoisotopic (exact) mass is 367 g/mol. The van der Waals surface area contributed by atoms with E-state index in [1.807, 2.05) is 12.1 Å². The van der Waals surface area contributed by atoms with Gasteiger partial charge in [0.05, 0.1) is 11.1 Å². The summed E-state index contributed by atoms with van der Waals surface area (Å²) < 4.78 is 0. The topological polar surface area (TPSA) is 42.8 Å². The smallest absolute Gasteiger partial charge is 0.101 e. The lowest BCUT2D eigenvalue weighted by molar-refractivity contribution is 0.238. The first-order valence-electron chi connectivity index (χ1n) is 10.3. The Kier molecular flexibility index (Phi) is 4.50. The molecule has 1 aliphatic heterocycles. The van der Waals surface area contributed by atoms with Crippen LogP contribution in [0.2, 0.25) is 0 Å². The Morgan fingerprint density at radius 1 is 1.07 bits per heavy atom. The van der Waals surface area contributed by atoms with E-state index in [9.17, 15) is 5.26 Å². The SMILES string of the molecule is N#Cc1cccc2c3c([nH]c12)CCC(CN1CC=C(c2ccccc2)CC1)C3. The molecule has 3 nitrogen and oxygen atoms in total. The Balaban J connectivity index is 1.29. The molecule has 0 amide bonds. The lowest BCUT2D eigenvalue weighted by Crippen LogP contribution is -2.35. The van der Waals surface area contributed by atoms with Crippen molar-refractivity contribution in [2.75, 3.05) is 19.6 Å². The molecule has 0 fully saturated rings. The zero-order valence-corrected chi connectivity index (χ0v) is 16.1. The fourth-order valence-electron chi connectivity index (χ4n) is 4.92. The number of fused-ring (bicyclic) bond motifs is 3. The molecule has 2 heterocycles. The molecular formula is C25H25N3. The maximum Gasteiger partial charge on any atom is 0.101 e. The molecule has 3 heteroatoms. The third kappa shape index (κ3) is 3.15. The predicted molar refractivity (Wildman–Crippen MR) is 114 cm³/mol. The second kappa shape index (κ2) is 7.30. The highest BCUT2D eigenvalue weighted by Crippen LogP contribution is 2.34. The van der Waals surface area contributed by atoms with Crippen LogP contribution in [0.1, 0.15) is 35.2 Å². The van der Waals surface area contributed by atoms with Gasteiger partial charge < -0.3 is 4.98 Å². The summed E-state index contributed by atoms with van der Waals surface area (Å²) in [6.45, 7) is 3.37. The van der Waals surface area contributed by atoms with E-state index in [2.05, 4.69) is 58.4 Å². The maximum atomic E-state index is 9.39. The highest BCUT2D eigenvalue weighted by Gasteiger charge is 2.25. The van der Waals surface area contributed by atoms with E-state index in [4.69, 9.17) is 0 Å². The molecule has 3 aromatic rings. The van der Waals surface area contributed by atoms with Gasteiger partial charge in [0.2, 0.25) is 0 Å². The van der Waals surface area contributed by atoms with Crippen LogP contribution in [0.3, 0.4) is 0 Å². The molecule has 2 aromatic carbocycles. The summed E-state index contributed by atoms with van der Waals surface area (Å²) in [7, 11) is 0. The lowest BCUT2D eigenvalue weighted by Gasteiger charge is -2.32. The summed E-state index contributed by atoms with van der Waals surface area (Å²) in [5, 5.41) is 10.6. The molecule has 5 rings (SSSR count). The van der Waals surface area contributed by atoms with Gasteiger partial charge in [0.15, 0.2) is 0 Å². The van der Waals surface area contributed by atoms with Crippen LogP contribution < -0.4 is 0 Å². The van der Waals surface area contributed by atoms with Crippen molar-refractivity contribution in [2.45, 2.75) is 25.7 Å². The standard InChI is InChI=1S/C25H25N3/c26-16-21-7-4-8-22-23-15-18(9-10-24(23)27-25(21)22)17-28-13-11-20(12-14-28)19-5-2-1-3-6-19/h1-8,11,18,27H,9-10,12-15,17H2. The number of benzene rings is 2. The fourth-order valence-corrected chi connectivity index (χ4v) is 4.92. The van der Waals surface area contributed by atoms with Gasteiger partial charge in [-0.3, -0.25) is 4.90 Å². The number of nitriles is 1. The largest absolute Gasteiger partial charge is 0.357 e. The summed E-state index contributed by atoms with van der Waals surface area (Å²) in [6, 6.07) is 19.2. The van der Waals surface area contributed by atoms with Crippen LogP contribution in [-0.2, 0) is 12.8 Å². The predicted octanol–water partition coefficient (Wildman–Crippen LogP) is 4.93. The minimum atomic E-state index is 0.698. The third-order valence-electron chi connectivity index (χ3n) is 6.40. The van der Waals surface area contributed by atoms with Gasteiger partial charge >= 0.3 is 0 Å². The van der Waals surface area contributed by atoms with E-state index < -0.39 is 0 Å². The number of para-hydroxylation sites is 1. The Labute approximate surface area is 166 Å². The van der Waals surface area contributed by atoms with Crippen molar-refractivity contribution < 1.29 is 0 Å². The van der Waals surface area contributed by atoms with E-state index in [0.717, 1.165) is 43.4 Å². The van der Waals surface area contributed by atoms with Gasteiger partial charge in [-0.25, -0.2) is 0 Å². The van der Waals surface area contributed by atoms with Gasteiger partial charge in [-0.05, 0) is 54.4 Å².